The number of carbonyl (C=O) groups is 2. The lowest BCUT2D eigenvalue weighted by Crippen LogP contribution is -2.20. The molecule has 9 heteroatoms. The smallest absolute Gasteiger partial charge is 0.411 e. The highest BCUT2D eigenvalue weighted by Gasteiger charge is 2.27. The quantitative estimate of drug-likeness (QED) is 0.779. The SMILES string of the molecule is O=C(CCOCC(F)(F)F)Nc1ccc(C(=O)O)nc1. The van der Waals surface area contributed by atoms with Crippen LogP contribution in [0.1, 0.15) is 16.9 Å². The molecule has 1 rings (SSSR count). The average molecular weight is 292 g/mol. The topological polar surface area (TPSA) is 88.5 Å². The summed E-state index contributed by atoms with van der Waals surface area (Å²) in [7, 11) is 0. The van der Waals surface area contributed by atoms with Gasteiger partial charge >= 0.3 is 12.1 Å². The number of carbonyl (C=O) groups excluding carboxylic acids is 1. The Morgan fingerprint density at radius 2 is 2.05 bits per heavy atom. The van der Waals surface area contributed by atoms with E-state index in [0.29, 0.717) is 0 Å². The lowest BCUT2D eigenvalue weighted by atomic mass is 10.3. The molecule has 1 heterocycles. The maximum Gasteiger partial charge on any atom is 0.411 e. The summed E-state index contributed by atoms with van der Waals surface area (Å²) < 4.78 is 39.5. The molecule has 1 aromatic rings. The van der Waals surface area contributed by atoms with Crippen LogP contribution in [-0.2, 0) is 9.53 Å². The Labute approximate surface area is 111 Å². The molecule has 0 saturated heterocycles. The van der Waals surface area contributed by atoms with Gasteiger partial charge in [0.05, 0.1) is 24.9 Å². The Morgan fingerprint density at radius 1 is 1.35 bits per heavy atom. The highest BCUT2D eigenvalue weighted by atomic mass is 19.4. The number of carboxylic acids is 1. The van der Waals surface area contributed by atoms with Gasteiger partial charge in [0.25, 0.3) is 0 Å². The molecule has 0 spiro atoms. The Hall–Kier alpha value is -2.16. The Bertz CT molecular complexity index is 474. The van der Waals surface area contributed by atoms with Crippen molar-refractivity contribution in [2.45, 2.75) is 12.6 Å². The number of alkyl halides is 3. The maximum atomic E-state index is 11.7. The molecule has 6 nitrogen and oxygen atoms in total. The van der Waals surface area contributed by atoms with Gasteiger partial charge in [0.1, 0.15) is 12.3 Å². The van der Waals surface area contributed by atoms with Crippen molar-refractivity contribution in [1.82, 2.24) is 4.98 Å². The van der Waals surface area contributed by atoms with E-state index in [2.05, 4.69) is 15.0 Å². The van der Waals surface area contributed by atoms with Crippen LogP contribution >= 0.6 is 0 Å². The fraction of sp³-hybridized carbons (Fsp3) is 0.364. The van der Waals surface area contributed by atoms with Crippen molar-refractivity contribution in [1.29, 1.82) is 0 Å². The maximum absolute atomic E-state index is 11.7. The number of anilines is 1. The highest BCUT2D eigenvalue weighted by Crippen LogP contribution is 2.14. The van der Waals surface area contributed by atoms with Gasteiger partial charge in [-0.3, -0.25) is 4.79 Å². The molecule has 0 bridgehead atoms. The molecule has 0 fully saturated rings. The molecular formula is C11H11F3N2O4. The van der Waals surface area contributed by atoms with Gasteiger partial charge in [-0.2, -0.15) is 13.2 Å². The molecule has 0 atom stereocenters. The van der Waals surface area contributed by atoms with Crippen LogP contribution in [0.15, 0.2) is 18.3 Å². The van der Waals surface area contributed by atoms with E-state index in [9.17, 15) is 22.8 Å². The largest absolute Gasteiger partial charge is 0.477 e. The van der Waals surface area contributed by atoms with Crippen molar-refractivity contribution in [3.63, 3.8) is 0 Å². The second-order valence-electron chi connectivity index (χ2n) is 3.70. The molecule has 20 heavy (non-hydrogen) atoms. The summed E-state index contributed by atoms with van der Waals surface area (Å²) in [6.07, 6.45) is -3.54. The molecule has 0 aliphatic rings. The van der Waals surface area contributed by atoms with Crippen LogP contribution in [0.4, 0.5) is 18.9 Å². The number of amides is 1. The van der Waals surface area contributed by atoms with E-state index in [1.165, 1.54) is 12.1 Å². The highest BCUT2D eigenvalue weighted by molar-refractivity contribution is 5.91. The van der Waals surface area contributed by atoms with Crippen molar-refractivity contribution < 1.29 is 32.6 Å². The number of hydrogen-bond acceptors (Lipinski definition) is 4. The third-order valence-electron chi connectivity index (χ3n) is 2.01. The van der Waals surface area contributed by atoms with E-state index in [1.54, 1.807) is 0 Å². The molecule has 2 N–H and O–H groups in total. The van der Waals surface area contributed by atoms with Crippen LogP contribution in [0, 0.1) is 0 Å². The monoisotopic (exact) mass is 292 g/mol. The lowest BCUT2D eigenvalue weighted by Gasteiger charge is -2.08. The molecule has 0 radical (unpaired) electrons. The zero-order valence-electron chi connectivity index (χ0n) is 10.1. The lowest BCUT2D eigenvalue weighted by molar-refractivity contribution is -0.174. The number of aromatic nitrogens is 1. The fourth-order valence-corrected chi connectivity index (χ4v) is 1.17. The van der Waals surface area contributed by atoms with Crippen LogP contribution in [0.25, 0.3) is 0 Å². The van der Waals surface area contributed by atoms with Gasteiger partial charge in [-0.15, -0.1) is 0 Å². The number of ether oxygens (including phenoxy) is 1. The van der Waals surface area contributed by atoms with Crippen molar-refractivity contribution in [2.75, 3.05) is 18.5 Å². The van der Waals surface area contributed by atoms with Crippen molar-refractivity contribution in [3.8, 4) is 0 Å². The summed E-state index contributed by atoms with van der Waals surface area (Å²) in [6, 6.07) is 2.52. The van der Waals surface area contributed by atoms with E-state index >= 15 is 0 Å². The van der Waals surface area contributed by atoms with Gasteiger partial charge in [-0.05, 0) is 12.1 Å². The second kappa shape index (κ2) is 6.85. The first-order valence-electron chi connectivity index (χ1n) is 5.41. The number of rotatable bonds is 6. The van der Waals surface area contributed by atoms with Crippen LogP contribution in [0.2, 0.25) is 0 Å². The number of pyridine rings is 1. The summed E-state index contributed by atoms with van der Waals surface area (Å²) in [4.78, 5) is 25.4. The molecule has 0 aliphatic heterocycles. The number of nitrogens with one attached hydrogen (secondary N) is 1. The van der Waals surface area contributed by atoms with E-state index in [-0.39, 0.29) is 24.4 Å². The standard InChI is InChI=1S/C11H11F3N2O4/c12-11(13,14)6-20-4-3-9(17)16-7-1-2-8(10(18)19)15-5-7/h1-2,5H,3-4,6H2,(H,16,17)(H,18,19). The van der Waals surface area contributed by atoms with E-state index in [0.717, 1.165) is 6.20 Å². The van der Waals surface area contributed by atoms with Gasteiger partial charge in [0.2, 0.25) is 5.91 Å². The Kier molecular flexibility index (Phi) is 5.44. The minimum atomic E-state index is -4.42. The normalized spacial score (nSPS) is 11.2. The Balaban J connectivity index is 2.33. The third kappa shape index (κ3) is 6.14. The average Bonchev–Trinajstić information content (AvgIpc) is 2.34. The van der Waals surface area contributed by atoms with Crippen molar-refractivity contribution >= 4 is 17.6 Å². The molecule has 1 amide bonds. The van der Waals surface area contributed by atoms with Crippen LogP contribution in [0.5, 0.6) is 0 Å². The number of halogens is 3. The summed E-state index contributed by atoms with van der Waals surface area (Å²) >= 11 is 0. The first-order valence-corrected chi connectivity index (χ1v) is 5.41. The van der Waals surface area contributed by atoms with Crippen LogP contribution < -0.4 is 5.32 Å². The van der Waals surface area contributed by atoms with Gasteiger partial charge in [0.15, 0.2) is 0 Å². The van der Waals surface area contributed by atoms with Gasteiger partial charge < -0.3 is 15.2 Å². The summed E-state index contributed by atoms with van der Waals surface area (Å²) in [5, 5.41) is 11.0. The predicted molar refractivity (Wildman–Crippen MR) is 61.3 cm³/mol. The minimum absolute atomic E-state index is 0.184. The Morgan fingerprint density at radius 3 is 2.55 bits per heavy atom. The van der Waals surface area contributed by atoms with E-state index < -0.39 is 24.7 Å². The summed E-state index contributed by atoms with van der Waals surface area (Å²) in [5.41, 5.74) is 0.0623. The van der Waals surface area contributed by atoms with Crippen molar-refractivity contribution in [3.05, 3.63) is 24.0 Å². The van der Waals surface area contributed by atoms with E-state index in [1.807, 2.05) is 0 Å². The van der Waals surface area contributed by atoms with Gasteiger partial charge in [-0.25, -0.2) is 9.78 Å². The first-order chi connectivity index (χ1) is 9.28. The molecule has 0 unspecified atom stereocenters. The number of nitrogens with zero attached hydrogens (tertiary/aromatic N) is 1. The zero-order chi connectivity index (χ0) is 15.2. The minimum Gasteiger partial charge on any atom is -0.477 e. The fourth-order valence-electron chi connectivity index (χ4n) is 1.17. The van der Waals surface area contributed by atoms with Gasteiger partial charge in [-0.1, -0.05) is 0 Å². The summed E-state index contributed by atoms with van der Waals surface area (Å²) in [6.45, 7) is -1.78. The second-order valence-corrected chi connectivity index (χ2v) is 3.70. The van der Waals surface area contributed by atoms with Crippen LogP contribution in [0.3, 0.4) is 0 Å². The molecule has 0 saturated carbocycles. The molecule has 0 aliphatic carbocycles. The molecular weight excluding hydrogens is 281 g/mol. The number of hydrogen-bond donors (Lipinski definition) is 2. The third-order valence-corrected chi connectivity index (χ3v) is 2.01. The molecule has 1 aromatic heterocycles. The number of aromatic carboxylic acids is 1. The number of carboxylic acid groups (broad SMARTS) is 1. The van der Waals surface area contributed by atoms with Gasteiger partial charge in [0, 0.05) is 0 Å². The van der Waals surface area contributed by atoms with Crippen LogP contribution in [-0.4, -0.2) is 41.4 Å². The predicted octanol–water partition coefficient (Wildman–Crippen LogP) is 1.69. The summed E-state index contributed by atoms with van der Waals surface area (Å²) in [5.74, 6) is -1.76. The zero-order valence-corrected chi connectivity index (χ0v) is 10.1. The first kappa shape index (κ1) is 15.9. The molecule has 0 aromatic carbocycles. The molecule has 110 valence electrons. The van der Waals surface area contributed by atoms with E-state index in [4.69, 9.17) is 5.11 Å². The van der Waals surface area contributed by atoms with Crippen molar-refractivity contribution in [2.24, 2.45) is 0 Å².